The number of carboxylic acids is 2. The lowest BCUT2D eigenvalue weighted by Gasteiger charge is -2.38. The number of nitrogens with one attached hydrogen (secondary N) is 2. The molecule has 0 aromatic heterocycles. The largest absolute Gasteiger partial charge is 0.481 e. The van der Waals surface area contributed by atoms with E-state index < -0.39 is 56.7 Å². The van der Waals surface area contributed by atoms with Crippen LogP contribution in [0.3, 0.4) is 0 Å². The molecule has 39 heavy (non-hydrogen) atoms. The molecule has 1 saturated heterocycles. The topological polar surface area (TPSA) is 215 Å². The molecule has 1 aliphatic carbocycles. The third-order valence-electron chi connectivity index (χ3n) is 6.90. The molecule has 0 radical (unpaired) electrons. The maximum Gasteiger partial charge on any atom is 0.337 e. The molecule has 1 aliphatic heterocycles. The van der Waals surface area contributed by atoms with E-state index in [0.29, 0.717) is 38.8 Å². The van der Waals surface area contributed by atoms with Gasteiger partial charge < -0.3 is 30.6 Å². The van der Waals surface area contributed by atoms with Crippen molar-refractivity contribution >= 4 is 39.7 Å². The number of carbonyl (C=O) groups excluding carboxylic acids is 2. The smallest absolute Gasteiger partial charge is 0.337 e. The second kappa shape index (κ2) is 12.4. The Morgan fingerprint density at radius 1 is 1.15 bits per heavy atom. The van der Waals surface area contributed by atoms with Gasteiger partial charge in [-0.15, -0.1) is 0 Å². The molecule has 214 valence electrons. The van der Waals surface area contributed by atoms with E-state index in [-0.39, 0.29) is 31.0 Å². The van der Waals surface area contributed by atoms with Gasteiger partial charge in [0.2, 0.25) is 21.8 Å². The van der Waals surface area contributed by atoms with Crippen LogP contribution < -0.4 is 10.5 Å². The maximum absolute atomic E-state index is 13.6. The monoisotopic (exact) mass is 566 g/mol. The number of nitrogens with zero attached hydrogens (tertiary/aromatic N) is 3. The number of hydrogen-bond acceptors (Lipinski definition) is 7. The van der Waals surface area contributed by atoms with Gasteiger partial charge in [0.25, 0.3) is 0 Å². The summed E-state index contributed by atoms with van der Waals surface area (Å²) in [6.07, 6.45) is 1.59. The molecule has 2 atom stereocenters. The number of sulfonamides is 1. The van der Waals surface area contributed by atoms with Gasteiger partial charge in [0, 0.05) is 38.8 Å². The number of carboxylic acid groups (broad SMARTS) is 2. The molecule has 0 spiro atoms. The molecule has 1 saturated carbocycles. The molecule has 1 aromatic rings. The number of benzene rings is 1. The van der Waals surface area contributed by atoms with Crippen LogP contribution in [-0.2, 0) is 24.4 Å². The molecule has 15 heteroatoms. The third-order valence-corrected chi connectivity index (χ3v) is 8.43. The van der Waals surface area contributed by atoms with Crippen molar-refractivity contribution in [1.29, 1.82) is 5.41 Å². The Balaban J connectivity index is 1.89. The molecule has 2 aliphatic rings. The fourth-order valence-corrected chi connectivity index (χ4v) is 5.98. The van der Waals surface area contributed by atoms with E-state index in [0.717, 1.165) is 12.1 Å². The summed E-state index contributed by atoms with van der Waals surface area (Å²) in [5.41, 5.74) is 5.09. The van der Waals surface area contributed by atoms with Crippen molar-refractivity contribution in [2.24, 2.45) is 5.73 Å². The van der Waals surface area contributed by atoms with E-state index in [2.05, 4.69) is 4.72 Å². The van der Waals surface area contributed by atoms with Gasteiger partial charge in [-0.05, 0) is 37.8 Å². The first-order chi connectivity index (χ1) is 18.3. The predicted octanol–water partition coefficient (Wildman–Crippen LogP) is -0.296. The van der Waals surface area contributed by atoms with Crippen LogP contribution >= 0.6 is 0 Å². The van der Waals surface area contributed by atoms with Crippen LogP contribution in [-0.4, -0.2) is 108 Å². The zero-order valence-corrected chi connectivity index (χ0v) is 22.4. The Labute approximate surface area is 226 Å². The first kappa shape index (κ1) is 29.8. The van der Waals surface area contributed by atoms with Crippen molar-refractivity contribution < 1.29 is 37.8 Å². The number of hydrogen-bond donors (Lipinski definition) is 5. The van der Waals surface area contributed by atoms with Crippen LogP contribution in [0.5, 0.6) is 0 Å². The van der Waals surface area contributed by atoms with E-state index in [9.17, 15) is 32.7 Å². The first-order valence-electron chi connectivity index (χ1n) is 12.5. The normalized spacial score (nSPS) is 18.2. The summed E-state index contributed by atoms with van der Waals surface area (Å²) in [4.78, 5) is 53.5. The number of aliphatic carboxylic acids is 1. The van der Waals surface area contributed by atoms with Gasteiger partial charge in [-0.2, -0.15) is 4.72 Å². The Hall–Kier alpha value is -3.72. The van der Waals surface area contributed by atoms with Gasteiger partial charge in [-0.25, -0.2) is 13.2 Å². The number of nitrogens with two attached hydrogens (primary N) is 1. The number of guanidine groups is 1. The van der Waals surface area contributed by atoms with Crippen molar-refractivity contribution in [2.75, 3.05) is 26.7 Å². The van der Waals surface area contributed by atoms with Crippen molar-refractivity contribution in [2.45, 2.75) is 61.5 Å². The fourth-order valence-electron chi connectivity index (χ4n) is 4.59. The second-order valence-corrected chi connectivity index (χ2v) is 11.4. The number of amides is 2. The van der Waals surface area contributed by atoms with E-state index in [4.69, 9.17) is 16.2 Å². The van der Waals surface area contributed by atoms with E-state index in [1.165, 1.54) is 29.0 Å². The zero-order valence-electron chi connectivity index (χ0n) is 21.6. The minimum absolute atomic E-state index is 0.128. The summed E-state index contributed by atoms with van der Waals surface area (Å²) in [6, 6.07) is 2.69. The molecule has 14 nitrogen and oxygen atoms in total. The van der Waals surface area contributed by atoms with Gasteiger partial charge in [0.05, 0.1) is 23.3 Å². The lowest BCUT2D eigenvalue weighted by atomic mass is 10.0. The van der Waals surface area contributed by atoms with Crippen LogP contribution in [0.1, 0.15) is 48.9 Å². The molecule has 1 heterocycles. The molecule has 1 aromatic carbocycles. The van der Waals surface area contributed by atoms with Gasteiger partial charge >= 0.3 is 11.9 Å². The summed E-state index contributed by atoms with van der Waals surface area (Å²) < 4.78 is 28.8. The number of likely N-dealkylation sites (N-methyl/N-ethyl adjacent to an activating group) is 1. The van der Waals surface area contributed by atoms with Crippen LogP contribution in [0.25, 0.3) is 0 Å². The molecule has 2 fully saturated rings. The van der Waals surface area contributed by atoms with Crippen molar-refractivity contribution in [1.82, 2.24) is 19.4 Å². The highest BCUT2D eigenvalue weighted by atomic mass is 32.2. The lowest BCUT2D eigenvalue weighted by molar-refractivity contribution is -0.142. The Morgan fingerprint density at radius 2 is 1.82 bits per heavy atom. The third kappa shape index (κ3) is 7.66. The first-order valence-corrected chi connectivity index (χ1v) is 14.0. The number of rotatable bonds is 12. The summed E-state index contributed by atoms with van der Waals surface area (Å²) in [6.45, 7) is 0.710. The average Bonchev–Trinajstić information content (AvgIpc) is 3.73. The number of carbonyl (C=O) groups is 4. The highest BCUT2D eigenvalue weighted by molar-refractivity contribution is 7.89. The fraction of sp³-hybridized carbons (Fsp3) is 0.542. The Kier molecular flexibility index (Phi) is 9.50. The highest BCUT2D eigenvalue weighted by Crippen LogP contribution is 2.28. The summed E-state index contributed by atoms with van der Waals surface area (Å²) in [5.74, 6) is -4.05. The minimum atomic E-state index is -4.58. The minimum Gasteiger partial charge on any atom is -0.481 e. The van der Waals surface area contributed by atoms with Gasteiger partial charge in [-0.3, -0.25) is 19.8 Å². The highest BCUT2D eigenvalue weighted by Gasteiger charge is 2.40. The van der Waals surface area contributed by atoms with Crippen molar-refractivity contribution in [3.05, 3.63) is 29.8 Å². The average molecular weight is 567 g/mol. The van der Waals surface area contributed by atoms with Gasteiger partial charge in [0.15, 0.2) is 5.96 Å². The lowest BCUT2D eigenvalue weighted by Crippen LogP contribution is -2.55. The summed E-state index contributed by atoms with van der Waals surface area (Å²) >= 11 is 0. The standard InChI is InChI=1S/C24H34N6O8S/c1-28(16-5-4-11-29(14-16)24(25)26)20(31)13-18(22(34)30(15-8-9-15)12-10-21(32)33)27-39(37,38)19-7-3-2-6-17(19)23(35)36/h2-3,6-7,15-16,18,27H,4-5,8-14H2,1H3,(H3,25,26)(H,32,33)(H,35,36)/t16-,18-/m0/s1. The van der Waals surface area contributed by atoms with Gasteiger partial charge in [0.1, 0.15) is 6.04 Å². The molecule has 0 unspecified atom stereocenters. The molecular weight excluding hydrogens is 532 g/mol. The van der Waals surface area contributed by atoms with Crippen LogP contribution in [0, 0.1) is 5.41 Å². The number of aromatic carboxylic acids is 1. The van der Waals surface area contributed by atoms with E-state index in [1.54, 1.807) is 4.90 Å². The molecular formula is C24H34N6O8S. The Bertz CT molecular complexity index is 1230. The Morgan fingerprint density at radius 3 is 2.41 bits per heavy atom. The van der Waals surface area contributed by atoms with Crippen molar-refractivity contribution in [3.63, 3.8) is 0 Å². The second-order valence-electron chi connectivity index (χ2n) is 9.72. The molecule has 2 amide bonds. The van der Waals surface area contributed by atoms with E-state index >= 15 is 0 Å². The van der Waals surface area contributed by atoms with Crippen LogP contribution in [0.2, 0.25) is 0 Å². The summed E-state index contributed by atoms with van der Waals surface area (Å²) in [7, 11) is -3.06. The van der Waals surface area contributed by atoms with Crippen LogP contribution in [0.4, 0.5) is 0 Å². The molecule has 6 N–H and O–H groups in total. The van der Waals surface area contributed by atoms with E-state index in [1.807, 2.05) is 0 Å². The quantitative estimate of drug-likeness (QED) is 0.164. The number of piperidine rings is 1. The van der Waals surface area contributed by atoms with Crippen LogP contribution in [0.15, 0.2) is 29.2 Å². The molecule has 0 bridgehead atoms. The summed E-state index contributed by atoms with van der Waals surface area (Å²) in [5, 5.41) is 26.3. The van der Waals surface area contributed by atoms with Crippen molar-refractivity contribution in [3.8, 4) is 0 Å². The zero-order chi connectivity index (χ0) is 28.9. The maximum atomic E-state index is 13.6. The molecule has 3 rings (SSSR count). The SMILES string of the molecule is CN(C(=O)C[C@H](NS(=O)(=O)c1ccccc1C(=O)O)C(=O)N(CCC(=O)O)C1CC1)[C@H]1CCCN(C(=N)N)C1. The number of likely N-dealkylation sites (tertiary alicyclic amines) is 1. The van der Waals surface area contributed by atoms with Gasteiger partial charge in [-0.1, -0.05) is 12.1 Å². The predicted molar refractivity (Wildman–Crippen MR) is 138 cm³/mol.